The van der Waals surface area contributed by atoms with Crippen LogP contribution in [0, 0.1) is 0 Å². The molecule has 174 valence electrons. The highest BCUT2D eigenvalue weighted by Gasteiger charge is 2.21. The Hall–Kier alpha value is -3.55. The summed E-state index contributed by atoms with van der Waals surface area (Å²) in [7, 11) is -1.78. The maximum absolute atomic E-state index is 13.2. The van der Waals surface area contributed by atoms with Gasteiger partial charge in [0.15, 0.2) is 5.96 Å². The molecule has 0 aliphatic heterocycles. The van der Waals surface area contributed by atoms with E-state index in [1.165, 1.54) is 6.82 Å². The van der Waals surface area contributed by atoms with E-state index in [1.54, 1.807) is 6.82 Å². The molecule has 0 saturated heterocycles. The van der Waals surface area contributed by atoms with Gasteiger partial charge in [0.2, 0.25) is 5.91 Å². The molecule has 34 heavy (non-hydrogen) atoms. The smallest absolute Gasteiger partial charge is 0.431 e. The molecule has 5 N–H and O–H groups in total. The Morgan fingerprint density at radius 1 is 0.912 bits per heavy atom. The van der Waals surface area contributed by atoms with E-state index in [4.69, 9.17) is 0 Å². The van der Waals surface area contributed by atoms with E-state index in [0.717, 1.165) is 16.7 Å². The molecule has 3 aromatic carbocycles. The summed E-state index contributed by atoms with van der Waals surface area (Å²) in [6, 6.07) is 27.3. The van der Waals surface area contributed by atoms with Gasteiger partial charge in [-0.2, -0.15) is 0 Å². The number of rotatable bonds is 9. The Kier molecular flexibility index (Phi) is 9.31. The molecule has 0 bridgehead atoms. The van der Waals surface area contributed by atoms with Crippen LogP contribution in [0.25, 0.3) is 0 Å². The first-order chi connectivity index (χ1) is 16.4. The van der Waals surface area contributed by atoms with Gasteiger partial charge >= 0.3 is 14.1 Å². The van der Waals surface area contributed by atoms with Crippen LogP contribution in [0.5, 0.6) is 0 Å². The van der Waals surface area contributed by atoms with Gasteiger partial charge < -0.3 is 25.9 Å². The molecule has 3 aromatic rings. The summed E-state index contributed by atoms with van der Waals surface area (Å²) in [5.74, 6) is -0.0938. The second-order valence-corrected chi connectivity index (χ2v) is 8.13. The highest BCUT2D eigenvalue weighted by atomic mass is 16.2. The van der Waals surface area contributed by atoms with Crippen molar-refractivity contribution in [3.8, 4) is 0 Å². The Labute approximate surface area is 201 Å². The number of carbonyl (C=O) groups is 1. The summed E-state index contributed by atoms with van der Waals surface area (Å²) in [5.41, 5.74) is 3.69. The molecule has 0 aliphatic rings. The number of carbonyl (C=O) groups excluding carboxylic acids is 1. The largest absolute Gasteiger partial charge is 0.433 e. The summed E-state index contributed by atoms with van der Waals surface area (Å²) >= 11 is 0. The highest BCUT2D eigenvalue weighted by molar-refractivity contribution is 6.53. The fraction of sp³-hybridized carbons (Fsp3) is 0.200. The normalized spacial score (nSPS) is 11.9. The number of hydrogen-bond acceptors (Lipinski definition) is 4. The lowest BCUT2D eigenvalue weighted by molar-refractivity contribution is -0.122. The Bertz CT molecular complexity index is 1080. The molecule has 1 atom stereocenters. The van der Waals surface area contributed by atoms with Gasteiger partial charge in [-0.25, -0.2) is 0 Å². The van der Waals surface area contributed by atoms with E-state index >= 15 is 0 Å². The van der Waals surface area contributed by atoms with Crippen molar-refractivity contribution in [2.24, 2.45) is 4.90 Å². The molecule has 1 unspecified atom stereocenters. The molecule has 7 nitrogen and oxygen atoms in total. The highest BCUT2D eigenvalue weighted by Crippen LogP contribution is 2.21. The third-order valence-electron chi connectivity index (χ3n) is 5.12. The zero-order valence-electron chi connectivity index (χ0n) is 19.5. The average molecular weight is 456 g/mol. The van der Waals surface area contributed by atoms with Gasteiger partial charge in [0.05, 0.1) is 5.92 Å². The summed E-state index contributed by atoms with van der Waals surface area (Å²) in [5, 5.41) is 28.1. The predicted molar refractivity (Wildman–Crippen MR) is 139 cm³/mol. The molecule has 0 saturated carbocycles. The minimum absolute atomic E-state index is 0.0412. The molecule has 1 amide bonds. The monoisotopic (exact) mass is 456 g/mol. The first-order valence-corrected chi connectivity index (χ1v) is 11.3. The van der Waals surface area contributed by atoms with Gasteiger partial charge in [0.1, 0.15) is 0 Å². The van der Waals surface area contributed by atoms with Crippen molar-refractivity contribution in [2.45, 2.75) is 32.5 Å². The fourth-order valence-electron chi connectivity index (χ4n) is 3.60. The minimum Gasteiger partial charge on any atom is -0.433 e. The van der Waals surface area contributed by atoms with Crippen molar-refractivity contribution in [1.82, 2.24) is 10.5 Å². The topological polar surface area (TPSA) is 106 Å². The summed E-state index contributed by atoms with van der Waals surface area (Å²) < 4.78 is 0. The molecule has 0 spiro atoms. The third-order valence-corrected chi connectivity index (χ3v) is 5.12. The van der Waals surface area contributed by atoms with Gasteiger partial charge in [0, 0.05) is 12.2 Å². The van der Waals surface area contributed by atoms with E-state index in [2.05, 4.69) is 20.8 Å². The first kappa shape index (κ1) is 25.1. The third kappa shape index (κ3) is 8.10. The molecule has 3 rings (SSSR count). The standard InChI is InChI=1S/C25H30B2N4O3/c1-26(33)30-25(31-27(2)34)29-22-15-9-12-20(16-22)18-28-24(32)23(21-13-7-4-8-14-21)17-19-10-5-3-6-11-19/h3-16,23,33-34H,17-18H2,1-2H3,(H,28,32)(H2,29,30,31). The van der Waals surface area contributed by atoms with E-state index < -0.39 is 14.1 Å². The number of nitrogens with one attached hydrogen (secondary N) is 3. The summed E-state index contributed by atoms with van der Waals surface area (Å²) in [4.78, 5) is 17.2. The number of benzene rings is 3. The van der Waals surface area contributed by atoms with Gasteiger partial charge in [-0.1, -0.05) is 72.8 Å². The van der Waals surface area contributed by atoms with Crippen LogP contribution in [-0.4, -0.2) is 36.0 Å². The van der Waals surface area contributed by atoms with Gasteiger partial charge in [-0.15, -0.1) is 0 Å². The molecule has 0 fully saturated rings. The Morgan fingerprint density at radius 2 is 1.56 bits per heavy atom. The van der Waals surface area contributed by atoms with Crippen LogP contribution in [0.2, 0.25) is 13.6 Å². The average Bonchev–Trinajstić information content (AvgIpc) is 2.81. The van der Waals surface area contributed by atoms with Crippen molar-refractivity contribution in [2.75, 3.05) is 5.32 Å². The summed E-state index contributed by atoms with van der Waals surface area (Å²) in [6.07, 6.45) is 0.614. The van der Waals surface area contributed by atoms with Crippen molar-refractivity contribution < 1.29 is 14.8 Å². The van der Waals surface area contributed by atoms with Gasteiger partial charge in [-0.3, -0.25) is 9.70 Å². The quantitative estimate of drug-likeness (QED) is 0.194. The lowest BCUT2D eigenvalue weighted by Gasteiger charge is -2.18. The van der Waals surface area contributed by atoms with Crippen LogP contribution < -0.4 is 15.9 Å². The van der Waals surface area contributed by atoms with Gasteiger partial charge in [0.25, 0.3) is 0 Å². The molecule has 0 heterocycles. The number of nitrogens with zero attached hydrogens (tertiary/aromatic N) is 1. The second-order valence-electron chi connectivity index (χ2n) is 8.13. The van der Waals surface area contributed by atoms with Crippen LogP contribution in [0.4, 0.5) is 5.69 Å². The van der Waals surface area contributed by atoms with Crippen LogP contribution in [0.3, 0.4) is 0 Å². The van der Waals surface area contributed by atoms with Crippen molar-refractivity contribution in [3.63, 3.8) is 0 Å². The van der Waals surface area contributed by atoms with Crippen molar-refractivity contribution in [3.05, 3.63) is 102 Å². The lowest BCUT2D eigenvalue weighted by atomic mass is 9.88. The molecule has 0 aliphatic carbocycles. The van der Waals surface area contributed by atoms with Gasteiger partial charge in [-0.05, 0) is 48.9 Å². The van der Waals surface area contributed by atoms with Crippen LogP contribution in [0.15, 0.2) is 89.8 Å². The van der Waals surface area contributed by atoms with Crippen LogP contribution in [-0.2, 0) is 17.8 Å². The van der Waals surface area contributed by atoms with Crippen molar-refractivity contribution >= 4 is 31.7 Å². The van der Waals surface area contributed by atoms with Crippen LogP contribution >= 0.6 is 0 Å². The van der Waals surface area contributed by atoms with E-state index in [0.29, 0.717) is 18.7 Å². The first-order valence-electron chi connectivity index (χ1n) is 11.3. The Balaban J connectivity index is 1.70. The SMILES string of the molecule is CB(O)N=C(NB(C)O)Nc1cccc(CNC(=O)C(Cc2ccccc2)c2ccccc2)c1. The van der Waals surface area contributed by atoms with Crippen LogP contribution in [0.1, 0.15) is 22.6 Å². The number of anilines is 1. The summed E-state index contributed by atoms with van der Waals surface area (Å²) in [6.45, 7) is 3.44. The van der Waals surface area contributed by atoms with E-state index in [9.17, 15) is 14.8 Å². The predicted octanol–water partition coefficient (Wildman–Crippen LogP) is 2.91. The fourth-order valence-corrected chi connectivity index (χ4v) is 3.60. The maximum atomic E-state index is 13.2. The maximum Gasteiger partial charge on any atom is 0.431 e. The number of guanidine groups is 1. The van der Waals surface area contributed by atoms with Crippen molar-refractivity contribution in [1.29, 1.82) is 0 Å². The molecular formula is C25H30B2N4O3. The van der Waals surface area contributed by atoms with E-state index in [1.807, 2.05) is 84.9 Å². The number of amides is 1. The molecular weight excluding hydrogens is 426 g/mol. The lowest BCUT2D eigenvalue weighted by Crippen LogP contribution is -2.41. The number of hydrogen-bond donors (Lipinski definition) is 5. The zero-order chi connectivity index (χ0) is 24.3. The Morgan fingerprint density at radius 3 is 2.21 bits per heavy atom. The molecule has 0 aromatic heterocycles. The zero-order valence-corrected chi connectivity index (χ0v) is 19.5. The second kappa shape index (κ2) is 12.6. The molecule has 9 heteroatoms. The van der Waals surface area contributed by atoms with E-state index in [-0.39, 0.29) is 17.8 Å². The molecule has 0 radical (unpaired) electrons. The minimum atomic E-state index is -0.934.